The topological polar surface area (TPSA) is 17.1 Å². The van der Waals surface area contributed by atoms with Gasteiger partial charge in [0.2, 0.25) is 0 Å². The summed E-state index contributed by atoms with van der Waals surface area (Å²) in [5.41, 5.74) is 0.905. The van der Waals surface area contributed by atoms with Crippen molar-refractivity contribution in [2.45, 2.75) is 26.2 Å². The van der Waals surface area contributed by atoms with E-state index in [4.69, 9.17) is 11.6 Å². The number of hydrogen-bond acceptors (Lipinski definition) is 1. The maximum Gasteiger partial charge on any atom is 0.252 e. The summed E-state index contributed by atoms with van der Waals surface area (Å²) in [6.45, 7) is 3.89. The Hall–Kier alpha value is -0.890. The van der Waals surface area contributed by atoms with E-state index >= 15 is 0 Å². The van der Waals surface area contributed by atoms with Crippen LogP contribution >= 0.6 is 11.6 Å². The van der Waals surface area contributed by atoms with E-state index in [0.717, 1.165) is 6.42 Å². The van der Waals surface area contributed by atoms with E-state index in [9.17, 15) is 9.18 Å². The molecule has 1 aromatic carbocycles. The predicted molar refractivity (Wildman–Crippen MR) is 55.3 cm³/mol. The summed E-state index contributed by atoms with van der Waals surface area (Å²) in [5, 5.41) is -0.547. The van der Waals surface area contributed by atoms with E-state index < -0.39 is 5.24 Å². The number of halogens is 2. The van der Waals surface area contributed by atoms with E-state index in [2.05, 4.69) is 0 Å². The van der Waals surface area contributed by atoms with E-state index in [1.165, 1.54) is 18.2 Å². The van der Waals surface area contributed by atoms with Crippen molar-refractivity contribution in [3.05, 3.63) is 35.1 Å². The molecule has 14 heavy (non-hydrogen) atoms. The van der Waals surface area contributed by atoms with Gasteiger partial charge in [-0.1, -0.05) is 13.8 Å². The molecule has 1 aromatic rings. The third-order valence-electron chi connectivity index (χ3n) is 2.37. The molecule has 0 aliphatic heterocycles. The van der Waals surface area contributed by atoms with Crippen molar-refractivity contribution in [2.24, 2.45) is 0 Å². The van der Waals surface area contributed by atoms with Crippen molar-refractivity contribution in [1.82, 2.24) is 0 Å². The van der Waals surface area contributed by atoms with Crippen LogP contribution in [0.3, 0.4) is 0 Å². The Morgan fingerprint density at radius 1 is 1.57 bits per heavy atom. The summed E-state index contributed by atoms with van der Waals surface area (Å²) in [6, 6.07) is 4.21. The molecule has 3 heteroatoms. The lowest BCUT2D eigenvalue weighted by atomic mass is 9.96. The fourth-order valence-electron chi connectivity index (χ4n) is 1.26. The van der Waals surface area contributed by atoms with Gasteiger partial charge in [0.05, 0.1) is 0 Å². The highest BCUT2D eigenvalue weighted by molar-refractivity contribution is 6.67. The molecule has 0 saturated carbocycles. The van der Waals surface area contributed by atoms with Crippen LogP contribution < -0.4 is 0 Å². The van der Waals surface area contributed by atoms with Crippen LogP contribution in [0.25, 0.3) is 0 Å². The summed E-state index contributed by atoms with van der Waals surface area (Å²) >= 11 is 5.31. The van der Waals surface area contributed by atoms with Gasteiger partial charge in [0.1, 0.15) is 5.82 Å². The summed E-state index contributed by atoms with van der Waals surface area (Å²) in [6.07, 6.45) is 0.830. The Morgan fingerprint density at radius 2 is 2.21 bits per heavy atom. The second-order valence-corrected chi connectivity index (χ2v) is 3.66. The van der Waals surface area contributed by atoms with Gasteiger partial charge in [-0.15, -0.1) is 0 Å². The molecule has 0 aromatic heterocycles. The van der Waals surface area contributed by atoms with Gasteiger partial charge in [-0.2, -0.15) is 0 Å². The van der Waals surface area contributed by atoms with Gasteiger partial charge in [-0.3, -0.25) is 4.79 Å². The van der Waals surface area contributed by atoms with Gasteiger partial charge in [0.25, 0.3) is 5.24 Å². The average Bonchev–Trinajstić information content (AvgIpc) is 2.17. The molecule has 0 aliphatic rings. The molecule has 0 fully saturated rings. The normalized spacial score (nSPS) is 12.6. The molecule has 1 atom stereocenters. The van der Waals surface area contributed by atoms with Crippen LogP contribution in [-0.2, 0) is 0 Å². The van der Waals surface area contributed by atoms with E-state index in [1.807, 2.05) is 13.8 Å². The van der Waals surface area contributed by atoms with Crippen LogP contribution in [0.2, 0.25) is 0 Å². The number of benzene rings is 1. The Bertz CT molecular complexity index is 349. The first kappa shape index (κ1) is 11.2. The van der Waals surface area contributed by atoms with Crippen molar-refractivity contribution in [2.75, 3.05) is 0 Å². The molecule has 0 heterocycles. The standard InChI is InChI=1S/C11H12ClFO/c1-3-7(2)9-6-8(11(12)14)4-5-10(9)13/h4-7H,3H2,1-2H3. The molecule has 0 amide bonds. The van der Waals surface area contributed by atoms with Crippen molar-refractivity contribution in [3.63, 3.8) is 0 Å². The zero-order valence-electron chi connectivity index (χ0n) is 8.18. The van der Waals surface area contributed by atoms with Gasteiger partial charge in [0, 0.05) is 5.56 Å². The molecule has 0 saturated heterocycles. The Labute approximate surface area is 87.9 Å². The lowest BCUT2D eigenvalue weighted by molar-refractivity contribution is 0.108. The lowest BCUT2D eigenvalue weighted by Crippen LogP contribution is -1.99. The summed E-state index contributed by atoms with van der Waals surface area (Å²) in [7, 11) is 0. The molecule has 0 aliphatic carbocycles. The Kier molecular flexibility index (Phi) is 3.64. The fourth-order valence-corrected chi connectivity index (χ4v) is 1.38. The molecular weight excluding hydrogens is 203 g/mol. The predicted octanol–water partition coefficient (Wildman–Crippen LogP) is 3.72. The number of rotatable bonds is 3. The maximum absolute atomic E-state index is 13.3. The monoisotopic (exact) mass is 214 g/mol. The molecule has 1 rings (SSSR count). The van der Waals surface area contributed by atoms with Crippen molar-refractivity contribution < 1.29 is 9.18 Å². The number of carbonyl (C=O) groups is 1. The minimum absolute atomic E-state index is 0.103. The van der Waals surface area contributed by atoms with Crippen LogP contribution in [-0.4, -0.2) is 5.24 Å². The highest BCUT2D eigenvalue weighted by atomic mass is 35.5. The summed E-state index contributed by atoms with van der Waals surface area (Å²) < 4.78 is 13.3. The van der Waals surface area contributed by atoms with E-state index in [0.29, 0.717) is 11.1 Å². The molecule has 0 radical (unpaired) electrons. The minimum atomic E-state index is -0.547. The summed E-state index contributed by atoms with van der Waals surface area (Å²) in [5.74, 6) is -0.174. The van der Waals surface area contributed by atoms with Gasteiger partial charge in [-0.05, 0) is 47.7 Å². The van der Waals surface area contributed by atoms with E-state index in [-0.39, 0.29) is 11.7 Å². The first-order valence-electron chi connectivity index (χ1n) is 4.55. The fraction of sp³-hybridized carbons (Fsp3) is 0.364. The average molecular weight is 215 g/mol. The molecule has 0 N–H and O–H groups in total. The number of carbonyl (C=O) groups excluding carboxylic acids is 1. The Morgan fingerprint density at radius 3 is 2.71 bits per heavy atom. The van der Waals surface area contributed by atoms with Crippen molar-refractivity contribution in [3.8, 4) is 0 Å². The van der Waals surface area contributed by atoms with Gasteiger partial charge in [0.15, 0.2) is 0 Å². The van der Waals surface area contributed by atoms with Crippen LogP contribution in [0.4, 0.5) is 4.39 Å². The van der Waals surface area contributed by atoms with Crippen molar-refractivity contribution >= 4 is 16.8 Å². The first-order valence-corrected chi connectivity index (χ1v) is 4.93. The van der Waals surface area contributed by atoms with Crippen molar-refractivity contribution in [1.29, 1.82) is 0 Å². The highest BCUT2D eigenvalue weighted by Crippen LogP contribution is 2.23. The summed E-state index contributed by atoms with van der Waals surface area (Å²) in [4.78, 5) is 10.9. The molecule has 0 spiro atoms. The third kappa shape index (κ3) is 2.32. The van der Waals surface area contributed by atoms with Crippen LogP contribution in [0.5, 0.6) is 0 Å². The zero-order chi connectivity index (χ0) is 10.7. The van der Waals surface area contributed by atoms with Gasteiger partial charge < -0.3 is 0 Å². The lowest BCUT2D eigenvalue weighted by Gasteiger charge is -2.10. The van der Waals surface area contributed by atoms with Crippen LogP contribution in [0, 0.1) is 5.82 Å². The second-order valence-electron chi connectivity index (χ2n) is 3.32. The smallest absolute Gasteiger partial charge is 0.252 e. The second kappa shape index (κ2) is 4.56. The molecule has 1 unspecified atom stereocenters. The third-order valence-corrected chi connectivity index (χ3v) is 2.58. The van der Waals surface area contributed by atoms with E-state index in [1.54, 1.807) is 0 Å². The molecule has 1 nitrogen and oxygen atoms in total. The molecule has 76 valence electrons. The molecule has 0 bridgehead atoms. The Balaban J connectivity index is 3.14. The zero-order valence-corrected chi connectivity index (χ0v) is 8.94. The molecular formula is C11H12ClFO. The van der Waals surface area contributed by atoms with Gasteiger partial charge in [-0.25, -0.2) is 4.39 Å². The SMILES string of the molecule is CCC(C)c1cc(C(=O)Cl)ccc1F. The quantitative estimate of drug-likeness (QED) is 0.701. The largest absolute Gasteiger partial charge is 0.276 e. The van der Waals surface area contributed by atoms with Gasteiger partial charge >= 0.3 is 0 Å². The maximum atomic E-state index is 13.3. The number of hydrogen-bond donors (Lipinski definition) is 0. The van der Waals surface area contributed by atoms with Crippen LogP contribution in [0.1, 0.15) is 42.1 Å². The minimum Gasteiger partial charge on any atom is -0.276 e. The first-order chi connectivity index (χ1) is 6.56. The highest BCUT2D eigenvalue weighted by Gasteiger charge is 2.12. The van der Waals surface area contributed by atoms with Crippen LogP contribution in [0.15, 0.2) is 18.2 Å².